The zero-order valence-corrected chi connectivity index (χ0v) is 14.0. The van der Waals surface area contributed by atoms with Gasteiger partial charge in [-0.3, -0.25) is 9.48 Å². The van der Waals surface area contributed by atoms with E-state index in [2.05, 4.69) is 20.6 Å². The number of carbonyl (C=O) groups excluding carboxylic acids is 1. The first kappa shape index (κ1) is 15.1. The molecule has 124 valence electrons. The van der Waals surface area contributed by atoms with E-state index in [0.717, 1.165) is 22.7 Å². The highest BCUT2D eigenvalue weighted by Gasteiger charge is 2.35. The second-order valence-corrected chi connectivity index (χ2v) is 7.25. The van der Waals surface area contributed by atoms with Gasteiger partial charge in [-0.25, -0.2) is 4.98 Å². The molecule has 1 atom stereocenters. The summed E-state index contributed by atoms with van der Waals surface area (Å²) < 4.78 is 6.96. The number of thiazole rings is 1. The Morgan fingerprint density at radius 3 is 3.08 bits per heavy atom. The Morgan fingerprint density at radius 1 is 1.54 bits per heavy atom. The maximum Gasteiger partial charge on any atom is 0.274 e. The maximum atomic E-state index is 12.5. The number of nitrogens with zero attached hydrogens (tertiary/aromatic N) is 4. The monoisotopic (exact) mass is 343 g/mol. The maximum absolute atomic E-state index is 12.5. The van der Waals surface area contributed by atoms with Gasteiger partial charge in [-0.15, -0.1) is 11.3 Å². The van der Waals surface area contributed by atoms with Crippen molar-refractivity contribution in [1.29, 1.82) is 0 Å². The van der Waals surface area contributed by atoms with Gasteiger partial charge < -0.3 is 9.84 Å². The molecule has 1 saturated carbocycles. The number of rotatable bonds is 6. The number of amides is 1. The van der Waals surface area contributed by atoms with Crippen LogP contribution in [0.4, 0.5) is 0 Å². The van der Waals surface area contributed by atoms with Crippen molar-refractivity contribution < 1.29 is 9.32 Å². The quantitative estimate of drug-likeness (QED) is 0.743. The predicted molar refractivity (Wildman–Crippen MR) is 87.6 cm³/mol. The lowest BCUT2D eigenvalue weighted by Gasteiger charge is -2.14. The average Bonchev–Trinajstić information content (AvgIpc) is 2.96. The molecule has 1 unspecified atom stereocenters. The first-order chi connectivity index (χ1) is 11.7. The van der Waals surface area contributed by atoms with Gasteiger partial charge in [0.15, 0.2) is 11.5 Å². The van der Waals surface area contributed by atoms with E-state index in [4.69, 9.17) is 4.52 Å². The van der Waals surface area contributed by atoms with Crippen LogP contribution in [-0.2, 0) is 6.54 Å². The molecule has 0 radical (unpaired) electrons. The molecule has 1 fully saturated rings. The average molecular weight is 343 g/mol. The Kier molecular flexibility index (Phi) is 3.89. The van der Waals surface area contributed by atoms with E-state index in [1.807, 2.05) is 25.4 Å². The Balaban J connectivity index is 1.46. The summed E-state index contributed by atoms with van der Waals surface area (Å²) in [6, 6.07) is 3.45. The summed E-state index contributed by atoms with van der Waals surface area (Å²) in [7, 11) is 0. The molecule has 3 heterocycles. The molecule has 3 aromatic rings. The number of hydrogen-bond donors (Lipinski definition) is 1. The lowest BCUT2D eigenvalue weighted by atomic mass is 10.2. The SMILES string of the molecule is Cc1cnc(C(NC(=O)c2cc(Cn3cccn3)on2)C2CC2)s1. The Bertz CT molecular complexity index is 834. The van der Waals surface area contributed by atoms with Crippen molar-refractivity contribution in [3.63, 3.8) is 0 Å². The van der Waals surface area contributed by atoms with Crippen molar-refractivity contribution in [3.05, 3.63) is 52.1 Å². The van der Waals surface area contributed by atoms with Gasteiger partial charge >= 0.3 is 0 Å². The molecule has 0 aliphatic heterocycles. The highest BCUT2D eigenvalue weighted by atomic mass is 32.1. The standard InChI is InChI=1S/C16H17N5O2S/c1-10-8-17-16(24-10)14(11-3-4-11)19-15(22)13-7-12(23-20-13)9-21-6-2-5-18-21/h2,5-8,11,14H,3-4,9H2,1H3,(H,19,22). The number of aryl methyl sites for hydroxylation is 1. The molecular formula is C16H17N5O2S. The Morgan fingerprint density at radius 2 is 2.42 bits per heavy atom. The summed E-state index contributed by atoms with van der Waals surface area (Å²) >= 11 is 1.63. The Labute approximate surface area is 142 Å². The van der Waals surface area contributed by atoms with E-state index in [1.165, 1.54) is 0 Å². The molecule has 3 aromatic heterocycles. The van der Waals surface area contributed by atoms with E-state index in [1.54, 1.807) is 28.3 Å². The number of nitrogens with one attached hydrogen (secondary N) is 1. The first-order valence-electron chi connectivity index (χ1n) is 7.85. The van der Waals surface area contributed by atoms with Crippen molar-refractivity contribution >= 4 is 17.2 Å². The van der Waals surface area contributed by atoms with Gasteiger partial charge in [-0.05, 0) is 31.7 Å². The lowest BCUT2D eigenvalue weighted by Crippen LogP contribution is -2.30. The minimum absolute atomic E-state index is 0.0394. The van der Waals surface area contributed by atoms with E-state index < -0.39 is 0 Å². The van der Waals surface area contributed by atoms with E-state index in [-0.39, 0.29) is 17.6 Å². The van der Waals surface area contributed by atoms with Crippen LogP contribution in [0, 0.1) is 12.8 Å². The molecule has 1 aliphatic rings. The van der Waals surface area contributed by atoms with Crippen LogP contribution in [0.2, 0.25) is 0 Å². The van der Waals surface area contributed by atoms with E-state index in [9.17, 15) is 4.79 Å². The van der Waals surface area contributed by atoms with Crippen LogP contribution in [0.5, 0.6) is 0 Å². The largest absolute Gasteiger partial charge is 0.359 e. The van der Waals surface area contributed by atoms with Gasteiger partial charge in [-0.2, -0.15) is 5.10 Å². The first-order valence-corrected chi connectivity index (χ1v) is 8.67. The molecule has 0 aromatic carbocycles. The molecular weight excluding hydrogens is 326 g/mol. The fraction of sp³-hybridized carbons (Fsp3) is 0.375. The van der Waals surface area contributed by atoms with Gasteiger partial charge in [0.25, 0.3) is 5.91 Å². The predicted octanol–water partition coefficient (Wildman–Crippen LogP) is 2.57. The normalized spacial score (nSPS) is 15.4. The summed E-state index contributed by atoms with van der Waals surface area (Å²) in [5.74, 6) is 0.835. The van der Waals surface area contributed by atoms with Crippen molar-refractivity contribution in [3.8, 4) is 0 Å². The fourth-order valence-electron chi connectivity index (χ4n) is 2.59. The Hall–Kier alpha value is -2.48. The minimum atomic E-state index is -0.227. The lowest BCUT2D eigenvalue weighted by molar-refractivity contribution is 0.0922. The van der Waals surface area contributed by atoms with Crippen LogP contribution in [-0.4, -0.2) is 25.8 Å². The summed E-state index contributed by atoms with van der Waals surface area (Å²) in [5.41, 5.74) is 0.288. The van der Waals surface area contributed by atoms with E-state index >= 15 is 0 Å². The van der Waals surface area contributed by atoms with E-state index in [0.29, 0.717) is 18.2 Å². The molecule has 4 rings (SSSR count). The summed E-state index contributed by atoms with van der Waals surface area (Å²) in [6.45, 7) is 2.47. The third-order valence-electron chi connectivity index (χ3n) is 3.95. The highest BCUT2D eigenvalue weighted by molar-refractivity contribution is 7.11. The van der Waals surface area contributed by atoms with Gasteiger partial charge in [0, 0.05) is 29.5 Å². The van der Waals surface area contributed by atoms with Gasteiger partial charge in [0.2, 0.25) is 0 Å². The third-order valence-corrected chi connectivity index (χ3v) is 4.95. The number of aromatic nitrogens is 4. The second kappa shape index (κ2) is 6.20. The molecule has 0 spiro atoms. The molecule has 1 amide bonds. The van der Waals surface area contributed by atoms with Crippen LogP contribution in [0.3, 0.4) is 0 Å². The zero-order valence-electron chi connectivity index (χ0n) is 13.2. The van der Waals surface area contributed by atoms with Crippen molar-refractivity contribution in [2.45, 2.75) is 32.4 Å². The molecule has 0 bridgehead atoms. The van der Waals surface area contributed by atoms with Crippen molar-refractivity contribution in [1.82, 2.24) is 25.2 Å². The summed E-state index contributed by atoms with van der Waals surface area (Å²) in [5, 5.41) is 12.0. The molecule has 0 saturated heterocycles. The molecule has 1 aliphatic carbocycles. The number of hydrogen-bond acceptors (Lipinski definition) is 6. The fourth-order valence-corrected chi connectivity index (χ4v) is 3.51. The minimum Gasteiger partial charge on any atom is -0.359 e. The summed E-state index contributed by atoms with van der Waals surface area (Å²) in [4.78, 5) is 18.1. The smallest absolute Gasteiger partial charge is 0.274 e. The van der Waals surface area contributed by atoms with Crippen molar-refractivity contribution in [2.24, 2.45) is 5.92 Å². The molecule has 8 heteroatoms. The second-order valence-electron chi connectivity index (χ2n) is 5.98. The van der Waals surface area contributed by atoms with Crippen LogP contribution >= 0.6 is 11.3 Å². The van der Waals surface area contributed by atoms with Gasteiger partial charge in [-0.1, -0.05) is 5.16 Å². The van der Waals surface area contributed by atoms with Gasteiger partial charge in [0.05, 0.1) is 6.04 Å². The topological polar surface area (TPSA) is 85.8 Å². The molecule has 7 nitrogen and oxygen atoms in total. The van der Waals surface area contributed by atoms with Crippen molar-refractivity contribution in [2.75, 3.05) is 0 Å². The zero-order chi connectivity index (χ0) is 16.5. The van der Waals surface area contributed by atoms with Crippen LogP contribution in [0.25, 0.3) is 0 Å². The molecule has 24 heavy (non-hydrogen) atoms. The third kappa shape index (κ3) is 3.23. The van der Waals surface area contributed by atoms with Crippen LogP contribution in [0.15, 0.2) is 35.2 Å². The van der Waals surface area contributed by atoms with Crippen LogP contribution < -0.4 is 5.32 Å². The van der Waals surface area contributed by atoms with Gasteiger partial charge in [0.1, 0.15) is 11.6 Å². The molecule has 1 N–H and O–H groups in total. The van der Waals surface area contributed by atoms with Crippen LogP contribution in [0.1, 0.15) is 45.0 Å². The highest BCUT2D eigenvalue weighted by Crippen LogP contribution is 2.42. The summed E-state index contributed by atoms with van der Waals surface area (Å²) in [6.07, 6.45) is 7.61. The number of carbonyl (C=O) groups is 1.